The predicted octanol–water partition coefficient (Wildman–Crippen LogP) is 4.79. The summed E-state index contributed by atoms with van der Waals surface area (Å²) in [5, 5.41) is 2.82. The predicted molar refractivity (Wildman–Crippen MR) is 126 cm³/mol. The molecule has 1 aliphatic heterocycles. The highest BCUT2D eigenvalue weighted by Crippen LogP contribution is 2.24. The number of nitrogens with zero attached hydrogens (tertiary/aromatic N) is 2. The monoisotopic (exact) mass is 431 g/mol. The van der Waals surface area contributed by atoms with Crippen LogP contribution in [0.3, 0.4) is 0 Å². The van der Waals surface area contributed by atoms with Crippen LogP contribution in [0.5, 0.6) is 0 Å². The number of piperazine rings is 1. The van der Waals surface area contributed by atoms with Crippen LogP contribution in [0.4, 0.5) is 11.4 Å². The van der Waals surface area contributed by atoms with Gasteiger partial charge in [0, 0.05) is 43.1 Å². The van der Waals surface area contributed by atoms with Crippen LogP contribution in [0.2, 0.25) is 0 Å². The summed E-state index contributed by atoms with van der Waals surface area (Å²) in [5.41, 5.74) is 3.82. The van der Waals surface area contributed by atoms with Crippen LogP contribution in [0.25, 0.3) is 0 Å². The van der Waals surface area contributed by atoms with E-state index in [-0.39, 0.29) is 23.0 Å². The molecular weight excluding hydrogens is 402 g/mol. The van der Waals surface area contributed by atoms with Crippen LogP contribution in [-0.4, -0.2) is 42.9 Å². The van der Waals surface area contributed by atoms with Gasteiger partial charge in [0.2, 0.25) is 0 Å². The van der Waals surface area contributed by atoms with E-state index in [1.165, 1.54) is 11.8 Å². The quantitative estimate of drug-likeness (QED) is 0.645. The number of carbonyl (C=O) groups is 2. The fourth-order valence-corrected chi connectivity index (χ4v) is 3.82. The molecule has 1 aliphatic rings. The second-order valence-electron chi connectivity index (χ2n) is 9.08. The second-order valence-corrected chi connectivity index (χ2v) is 9.08. The molecule has 1 N–H and O–H groups in total. The largest absolute Gasteiger partial charge is 0.459 e. The molecule has 2 aromatic carbocycles. The van der Waals surface area contributed by atoms with Crippen molar-refractivity contribution in [3.05, 3.63) is 83.8 Å². The number of furan rings is 1. The van der Waals surface area contributed by atoms with Gasteiger partial charge in [0.1, 0.15) is 0 Å². The lowest BCUT2D eigenvalue weighted by Crippen LogP contribution is -2.48. The lowest BCUT2D eigenvalue weighted by Gasteiger charge is -2.36. The first-order valence-corrected chi connectivity index (χ1v) is 10.9. The summed E-state index contributed by atoms with van der Waals surface area (Å²) in [7, 11) is 0. The van der Waals surface area contributed by atoms with Crippen molar-refractivity contribution >= 4 is 23.2 Å². The van der Waals surface area contributed by atoms with Crippen LogP contribution in [0.1, 0.15) is 47.2 Å². The van der Waals surface area contributed by atoms with Gasteiger partial charge in [-0.25, -0.2) is 0 Å². The summed E-state index contributed by atoms with van der Waals surface area (Å²) in [6.45, 7) is 9.40. The standard InChI is InChI=1S/C26H29N3O3/c1-26(2,3)20-8-6-19(7-9-20)25(31)29-16-14-28(15-17-29)22-12-10-21(11-13-22)27-24(30)23-5-4-18-32-23/h4-13,18H,14-17H2,1-3H3,(H,27,30). The Morgan fingerprint density at radius 3 is 2.09 bits per heavy atom. The molecule has 0 unspecified atom stereocenters. The van der Waals surface area contributed by atoms with Gasteiger partial charge in [0.15, 0.2) is 5.76 Å². The van der Waals surface area contributed by atoms with E-state index in [9.17, 15) is 9.59 Å². The number of hydrogen-bond donors (Lipinski definition) is 1. The molecule has 4 rings (SSSR count). The zero-order chi connectivity index (χ0) is 22.7. The van der Waals surface area contributed by atoms with Crippen LogP contribution in [0, 0.1) is 0 Å². The van der Waals surface area contributed by atoms with Crippen LogP contribution >= 0.6 is 0 Å². The smallest absolute Gasteiger partial charge is 0.291 e. The van der Waals surface area contributed by atoms with Gasteiger partial charge in [0.25, 0.3) is 11.8 Å². The Kier molecular flexibility index (Phi) is 6.04. The van der Waals surface area contributed by atoms with Crippen molar-refractivity contribution < 1.29 is 14.0 Å². The summed E-state index contributed by atoms with van der Waals surface area (Å²) in [4.78, 5) is 29.2. The fourth-order valence-electron chi connectivity index (χ4n) is 3.82. The topological polar surface area (TPSA) is 65.8 Å². The lowest BCUT2D eigenvalue weighted by atomic mass is 9.86. The van der Waals surface area contributed by atoms with Gasteiger partial charge in [-0.15, -0.1) is 0 Å². The summed E-state index contributed by atoms with van der Waals surface area (Å²) < 4.78 is 5.12. The average Bonchev–Trinajstić information content (AvgIpc) is 3.34. The molecule has 0 atom stereocenters. The van der Waals surface area contributed by atoms with Crippen LogP contribution in [-0.2, 0) is 5.41 Å². The molecule has 2 amide bonds. The van der Waals surface area contributed by atoms with Crippen molar-refractivity contribution in [2.45, 2.75) is 26.2 Å². The van der Waals surface area contributed by atoms with Crippen molar-refractivity contribution in [1.29, 1.82) is 0 Å². The zero-order valence-corrected chi connectivity index (χ0v) is 18.8. The van der Waals surface area contributed by atoms with Crippen LogP contribution in [0.15, 0.2) is 71.3 Å². The Morgan fingerprint density at radius 1 is 0.875 bits per heavy atom. The van der Waals surface area contributed by atoms with Gasteiger partial charge in [0.05, 0.1) is 6.26 Å². The van der Waals surface area contributed by atoms with Gasteiger partial charge >= 0.3 is 0 Å². The SMILES string of the molecule is CC(C)(C)c1ccc(C(=O)N2CCN(c3ccc(NC(=O)c4ccco4)cc3)CC2)cc1. The number of rotatable bonds is 4. The minimum absolute atomic E-state index is 0.0737. The van der Waals surface area contributed by atoms with E-state index in [1.807, 2.05) is 41.3 Å². The molecule has 32 heavy (non-hydrogen) atoms. The van der Waals surface area contributed by atoms with Crippen molar-refractivity contribution in [1.82, 2.24) is 4.90 Å². The van der Waals surface area contributed by atoms with Gasteiger partial charge in [-0.05, 0) is 59.5 Å². The Hall–Kier alpha value is -3.54. The minimum atomic E-state index is -0.273. The van der Waals surface area contributed by atoms with Gasteiger partial charge in [-0.1, -0.05) is 32.9 Å². The third-order valence-corrected chi connectivity index (χ3v) is 5.80. The molecule has 1 aromatic heterocycles. The molecule has 0 radical (unpaired) electrons. The highest BCUT2D eigenvalue weighted by Gasteiger charge is 2.23. The Balaban J connectivity index is 1.32. The first kappa shape index (κ1) is 21.7. The molecule has 0 saturated carbocycles. The molecule has 0 spiro atoms. The van der Waals surface area contributed by atoms with Crippen molar-refractivity contribution in [2.75, 3.05) is 36.4 Å². The van der Waals surface area contributed by atoms with E-state index in [0.29, 0.717) is 18.8 Å². The summed E-state index contributed by atoms with van der Waals surface area (Å²) in [6.07, 6.45) is 1.48. The van der Waals surface area contributed by atoms with E-state index in [4.69, 9.17) is 4.42 Å². The maximum Gasteiger partial charge on any atom is 0.291 e. The van der Waals surface area contributed by atoms with Crippen molar-refractivity contribution in [2.24, 2.45) is 0 Å². The molecule has 6 heteroatoms. The van der Waals surface area contributed by atoms with Gasteiger partial charge < -0.3 is 19.5 Å². The van der Waals surface area contributed by atoms with E-state index in [1.54, 1.807) is 12.1 Å². The fraction of sp³-hybridized carbons (Fsp3) is 0.308. The van der Waals surface area contributed by atoms with E-state index >= 15 is 0 Å². The Morgan fingerprint density at radius 2 is 1.53 bits per heavy atom. The maximum atomic E-state index is 12.9. The molecule has 3 aromatic rings. The normalized spacial score (nSPS) is 14.3. The highest BCUT2D eigenvalue weighted by atomic mass is 16.3. The lowest BCUT2D eigenvalue weighted by molar-refractivity contribution is 0.0746. The third kappa shape index (κ3) is 4.85. The number of hydrogen-bond acceptors (Lipinski definition) is 4. The van der Waals surface area contributed by atoms with Crippen LogP contribution < -0.4 is 10.2 Å². The number of anilines is 2. The Bertz CT molecular complexity index is 1060. The minimum Gasteiger partial charge on any atom is -0.459 e. The summed E-state index contributed by atoms with van der Waals surface area (Å²) >= 11 is 0. The van der Waals surface area contributed by atoms with E-state index in [0.717, 1.165) is 24.3 Å². The first-order chi connectivity index (χ1) is 15.3. The van der Waals surface area contributed by atoms with Gasteiger partial charge in [-0.3, -0.25) is 9.59 Å². The van der Waals surface area contributed by atoms with Crippen molar-refractivity contribution in [3.63, 3.8) is 0 Å². The number of carbonyl (C=O) groups excluding carboxylic acids is 2. The molecule has 1 fully saturated rings. The van der Waals surface area contributed by atoms with E-state index < -0.39 is 0 Å². The second kappa shape index (κ2) is 8.91. The average molecular weight is 432 g/mol. The molecule has 1 saturated heterocycles. The molecule has 2 heterocycles. The molecule has 0 bridgehead atoms. The number of benzene rings is 2. The molecular formula is C26H29N3O3. The molecule has 6 nitrogen and oxygen atoms in total. The summed E-state index contributed by atoms with van der Waals surface area (Å²) in [6, 6.07) is 19.0. The third-order valence-electron chi connectivity index (χ3n) is 5.80. The Labute approximate surface area is 188 Å². The number of nitrogens with one attached hydrogen (secondary N) is 1. The van der Waals surface area contributed by atoms with Crippen molar-refractivity contribution in [3.8, 4) is 0 Å². The molecule has 166 valence electrons. The van der Waals surface area contributed by atoms with Gasteiger partial charge in [-0.2, -0.15) is 0 Å². The maximum absolute atomic E-state index is 12.9. The zero-order valence-electron chi connectivity index (χ0n) is 18.8. The molecule has 0 aliphatic carbocycles. The van der Waals surface area contributed by atoms with E-state index in [2.05, 4.69) is 43.1 Å². The summed E-state index contributed by atoms with van der Waals surface area (Å²) in [5.74, 6) is 0.0921. The first-order valence-electron chi connectivity index (χ1n) is 10.9. The highest BCUT2D eigenvalue weighted by molar-refractivity contribution is 6.02. The number of amides is 2.